The van der Waals surface area contributed by atoms with Crippen molar-refractivity contribution in [2.75, 3.05) is 0 Å². The van der Waals surface area contributed by atoms with Crippen LogP contribution in [0.4, 0.5) is 0 Å². The summed E-state index contributed by atoms with van der Waals surface area (Å²) in [4.78, 5) is 0. The standard InChI is InChI=1S/C38H42B2O4/c1-34(2,41)36(5,6)43-39-30-21-13-19-28-32(30)25-16-10-9-15-24(25)23-38(28)27-18-12-11-17-26(27)33-29(38)20-14-22-31(33)40-44-37(7,8)35(3,4)42/h9-22,41-42H,23H2,1-8H3. The van der Waals surface area contributed by atoms with Crippen LogP contribution in [0.2, 0.25) is 0 Å². The van der Waals surface area contributed by atoms with E-state index in [0.29, 0.717) is 0 Å². The van der Waals surface area contributed by atoms with Crippen molar-refractivity contribution < 1.29 is 19.5 Å². The Morgan fingerprint density at radius 2 is 0.977 bits per heavy atom. The Kier molecular flexibility index (Phi) is 7.33. The van der Waals surface area contributed by atoms with Gasteiger partial charge in [0.05, 0.1) is 27.8 Å². The number of benzene rings is 4. The van der Waals surface area contributed by atoms with E-state index in [9.17, 15) is 10.2 Å². The SMILES string of the molecule is CC(C)(O)C(C)(C)O[B]c1cccc2c1-c1ccccc1CC21c2ccccc2-c2c([B]OC(C)(C)C(C)(C)O)cccc21. The van der Waals surface area contributed by atoms with Crippen LogP contribution in [0.1, 0.15) is 77.6 Å². The summed E-state index contributed by atoms with van der Waals surface area (Å²) in [5.74, 6) is 0. The van der Waals surface area contributed by atoms with Crippen LogP contribution >= 0.6 is 0 Å². The lowest BCUT2D eigenvalue weighted by Crippen LogP contribution is -2.49. The Morgan fingerprint density at radius 3 is 1.50 bits per heavy atom. The number of hydrogen-bond donors (Lipinski definition) is 2. The largest absolute Gasteiger partial charge is 0.427 e. The maximum Gasteiger partial charge on any atom is 0.331 e. The average Bonchev–Trinajstić information content (AvgIpc) is 3.24. The van der Waals surface area contributed by atoms with Gasteiger partial charge in [-0.3, -0.25) is 0 Å². The minimum Gasteiger partial charge on any atom is -0.427 e. The molecular weight excluding hydrogens is 542 g/mol. The van der Waals surface area contributed by atoms with Crippen LogP contribution in [0.5, 0.6) is 0 Å². The van der Waals surface area contributed by atoms with Crippen LogP contribution < -0.4 is 10.9 Å². The van der Waals surface area contributed by atoms with E-state index in [2.05, 4.69) is 84.9 Å². The van der Waals surface area contributed by atoms with Gasteiger partial charge in [-0.15, -0.1) is 0 Å². The quantitative estimate of drug-likeness (QED) is 0.256. The van der Waals surface area contributed by atoms with Crippen LogP contribution in [0, 0.1) is 0 Å². The molecule has 2 radical (unpaired) electrons. The van der Waals surface area contributed by atoms with Gasteiger partial charge in [-0.25, -0.2) is 0 Å². The third kappa shape index (κ3) is 4.78. The first-order valence-corrected chi connectivity index (χ1v) is 15.5. The first kappa shape index (κ1) is 30.9. The highest BCUT2D eigenvalue weighted by Crippen LogP contribution is 2.57. The summed E-state index contributed by atoms with van der Waals surface area (Å²) in [6.07, 6.45) is 0.819. The van der Waals surface area contributed by atoms with Gasteiger partial charge >= 0.3 is 15.0 Å². The molecule has 6 rings (SSSR count). The lowest BCUT2D eigenvalue weighted by atomic mass is 9.60. The van der Waals surface area contributed by atoms with Crippen LogP contribution in [0.15, 0.2) is 84.9 Å². The van der Waals surface area contributed by atoms with E-state index in [4.69, 9.17) is 9.31 Å². The molecule has 1 spiro atoms. The third-order valence-corrected chi connectivity index (χ3v) is 10.4. The van der Waals surface area contributed by atoms with Gasteiger partial charge in [0.25, 0.3) is 0 Å². The second kappa shape index (κ2) is 10.5. The highest BCUT2D eigenvalue weighted by Gasteiger charge is 2.49. The smallest absolute Gasteiger partial charge is 0.331 e. The fraction of sp³-hybridized carbons (Fsp3) is 0.368. The van der Waals surface area contributed by atoms with E-state index >= 15 is 0 Å². The normalized spacial score (nSPS) is 17.5. The van der Waals surface area contributed by atoms with Gasteiger partial charge in [0.1, 0.15) is 0 Å². The Bertz CT molecular complexity index is 1730. The summed E-state index contributed by atoms with van der Waals surface area (Å²) < 4.78 is 12.7. The number of fused-ring (bicyclic) bond motifs is 9. The molecule has 0 fully saturated rings. The molecule has 44 heavy (non-hydrogen) atoms. The Balaban J connectivity index is 1.55. The van der Waals surface area contributed by atoms with Crippen LogP contribution in [0.25, 0.3) is 22.3 Å². The lowest BCUT2D eigenvalue weighted by molar-refractivity contribution is -0.0893. The summed E-state index contributed by atoms with van der Waals surface area (Å²) >= 11 is 0. The summed E-state index contributed by atoms with van der Waals surface area (Å²) in [6, 6.07) is 30.4. The van der Waals surface area contributed by atoms with Crippen LogP contribution in [0.3, 0.4) is 0 Å². The van der Waals surface area contributed by atoms with E-state index in [0.717, 1.165) is 28.5 Å². The van der Waals surface area contributed by atoms with Crippen LogP contribution in [-0.4, -0.2) is 47.6 Å². The minimum atomic E-state index is -1.03. The summed E-state index contributed by atoms with van der Waals surface area (Å²) in [5.41, 5.74) is 7.62. The number of hydrogen-bond acceptors (Lipinski definition) is 4. The van der Waals surface area contributed by atoms with Gasteiger partial charge in [0, 0.05) is 0 Å². The van der Waals surface area contributed by atoms with Gasteiger partial charge in [-0.1, -0.05) is 84.9 Å². The zero-order chi connectivity index (χ0) is 31.7. The maximum atomic E-state index is 10.8. The fourth-order valence-corrected chi connectivity index (χ4v) is 6.36. The zero-order valence-corrected chi connectivity index (χ0v) is 27.2. The van der Waals surface area contributed by atoms with Crippen molar-refractivity contribution in [1.82, 2.24) is 0 Å². The van der Waals surface area contributed by atoms with Crippen molar-refractivity contribution in [3.8, 4) is 22.3 Å². The molecule has 0 saturated carbocycles. The minimum absolute atomic E-state index is 0.430. The zero-order valence-electron chi connectivity index (χ0n) is 27.2. The van der Waals surface area contributed by atoms with Crippen LogP contribution in [-0.2, 0) is 21.1 Å². The van der Waals surface area contributed by atoms with E-state index < -0.39 is 27.8 Å². The first-order valence-electron chi connectivity index (χ1n) is 15.5. The average molecular weight is 584 g/mol. The molecule has 2 N–H and O–H groups in total. The highest BCUT2D eigenvalue weighted by atomic mass is 16.5. The molecule has 0 saturated heterocycles. The number of aliphatic hydroxyl groups is 2. The first-order chi connectivity index (χ1) is 20.6. The van der Waals surface area contributed by atoms with Gasteiger partial charge in [-0.05, 0) is 117 Å². The molecular formula is C38H42B2O4. The fourth-order valence-electron chi connectivity index (χ4n) is 6.36. The Morgan fingerprint density at radius 1 is 0.545 bits per heavy atom. The molecule has 0 bridgehead atoms. The Hall–Kier alpha value is -3.15. The van der Waals surface area contributed by atoms with E-state index in [-0.39, 0.29) is 0 Å². The van der Waals surface area contributed by atoms with E-state index in [1.165, 1.54) is 33.4 Å². The molecule has 2 aliphatic carbocycles. The van der Waals surface area contributed by atoms with Crippen molar-refractivity contribution >= 4 is 25.9 Å². The molecule has 2 aliphatic rings. The van der Waals surface area contributed by atoms with Crippen molar-refractivity contribution in [3.63, 3.8) is 0 Å². The summed E-state index contributed by atoms with van der Waals surface area (Å²) in [5, 5.41) is 21.6. The second-order valence-corrected chi connectivity index (χ2v) is 14.4. The maximum absolute atomic E-state index is 10.8. The van der Waals surface area contributed by atoms with Crippen molar-refractivity contribution in [3.05, 3.63) is 107 Å². The highest BCUT2D eigenvalue weighted by molar-refractivity contribution is 6.50. The molecule has 0 amide bonds. The second-order valence-electron chi connectivity index (χ2n) is 14.4. The van der Waals surface area contributed by atoms with Crippen molar-refractivity contribution in [2.24, 2.45) is 0 Å². The lowest BCUT2D eigenvalue weighted by Gasteiger charge is -2.41. The predicted octanol–water partition coefficient (Wildman–Crippen LogP) is 5.85. The van der Waals surface area contributed by atoms with E-state index in [1.54, 1.807) is 27.7 Å². The van der Waals surface area contributed by atoms with Gasteiger partial charge in [-0.2, -0.15) is 0 Å². The molecule has 4 aromatic carbocycles. The summed E-state index contributed by atoms with van der Waals surface area (Å²) in [6.45, 7) is 14.8. The third-order valence-electron chi connectivity index (χ3n) is 10.4. The van der Waals surface area contributed by atoms with Gasteiger partial charge < -0.3 is 19.5 Å². The molecule has 1 atom stereocenters. The van der Waals surface area contributed by atoms with Crippen molar-refractivity contribution in [1.29, 1.82) is 0 Å². The Labute approximate surface area is 264 Å². The molecule has 0 aromatic heterocycles. The molecule has 6 heteroatoms. The van der Waals surface area contributed by atoms with E-state index in [1.807, 2.05) is 42.7 Å². The molecule has 4 aromatic rings. The van der Waals surface area contributed by atoms with Crippen molar-refractivity contribution in [2.45, 2.75) is 89.6 Å². The summed E-state index contributed by atoms with van der Waals surface area (Å²) in [7, 11) is 3.65. The molecule has 0 heterocycles. The van der Waals surface area contributed by atoms with Gasteiger partial charge in [0.15, 0.2) is 0 Å². The predicted molar refractivity (Wildman–Crippen MR) is 181 cm³/mol. The monoisotopic (exact) mass is 584 g/mol. The topological polar surface area (TPSA) is 58.9 Å². The molecule has 0 aliphatic heterocycles. The molecule has 4 nitrogen and oxygen atoms in total. The molecule has 1 unspecified atom stereocenters. The molecule has 224 valence electrons. The van der Waals surface area contributed by atoms with Gasteiger partial charge in [0.2, 0.25) is 0 Å². The number of rotatable bonds is 8.